The van der Waals surface area contributed by atoms with Crippen molar-refractivity contribution in [2.75, 3.05) is 5.75 Å². The van der Waals surface area contributed by atoms with Gasteiger partial charge in [-0.1, -0.05) is 11.8 Å². The number of thioether (sulfide) groups is 1. The summed E-state index contributed by atoms with van der Waals surface area (Å²) in [6.45, 7) is 7.85. The van der Waals surface area contributed by atoms with Crippen LogP contribution in [0.1, 0.15) is 39.2 Å². The first-order chi connectivity index (χ1) is 9.33. The lowest BCUT2D eigenvalue weighted by Crippen LogP contribution is -2.55. The molecule has 0 spiro atoms. The Balaban J connectivity index is 2.41. The van der Waals surface area contributed by atoms with Crippen molar-refractivity contribution in [1.82, 2.24) is 15.3 Å². The Labute approximate surface area is 125 Å². The number of aryl methyl sites for hydroxylation is 1. The van der Waals surface area contributed by atoms with Gasteiger partial charge in [-0.3, -0.25) is 4.79 Å². The number of carbonyl (C=O) groups excluding carboxylic acids is 1. The molecule has 1 rings (SSSR count). The van der Waals surface area contributed by atoms with E-state index < -0.39 is 5.54 Å². The third-order valence-corrected chi connectivity index (χ3v) is 3.92. The lowest BCUT2D eigenvalue weighted by molar-refractivity contribution is -0.124. The average molecular weight is 296 g/mol. The molecule has 1 aromatic rings. The fourth-order valence-corrected chi connectivity index (χ4v) is 2.67. The van der Waals surface area contributed by atoms with Gasteiger partial charge in [-0.15, -0.1) is 0 Å². The standard InChI is InChI=1S/C14H24N4OS/c1-10(2)18-14(4,12(15)19)6-5-7-20-13-16-8-11(3)9-17-13/h8-10,18H,5-7H2,1-4H3,(H2,15,19). The summed E-state index contributed by atoms with van der Waals surface area (Å²) >= 11 is 1.60. The zero-order valence-corrected chi connectivity index (χ0v) is 13.5. The normalized spacial score (nSPS) is 14.2. The molecule has 0 saturated heterocycles. The molecule has 0 radical (unpaired) electrons. The highest BCUT2D eigenvalue weighted by atomic mass is 32.2. The molecule has 1 amide bonds. The molecule has 0 aliphatic heterocycles. The summed E-state index contributed by atoms with van der Waals surface area (Å²) in [6, 6.07) is 0.223. The van der Waals surface area contributed by atoms with Crippen LogP contribution in [0.15, 0.2) is 17.6 Å². The number of primary amides is 1. The summed E-state index contributed by atoms with van der Waals surface area (Å²) in [6.07, 6.45) is 5.20. The molecule has 0 aliphatic rings. The van der Waals surface area contributed by atoms with Gasteiger partial charge < -0.3 is 11.1 Å². The highest BCUT2D eigenvalue weighted by molar-refractivity contribution is 7.99. The maximum absolute atomic E-state index is 11.6. The highest BCUT2D eigenvalue weighted by Gasteiger charge is 2.30. The van der Waals surface area contributed by atoms with Crippen LogP contribution in [0.3, 0.4) is 0 Å². The van der Waals surface area contributed by atoms with Crippen LogP contribution in [0.5, 0.6) is 0 Å². The van der Waals surface area contributed by atoms with Gasteiger partial charge in [0.1, 0.15) is 0 Å². The highest BCUT2D eigenvalue weighted by Crippen LogP contribution is 2.19. The van der Waals surface area contributed by atoms with E-state index in [1.54, 1.807) is 11.8 Å². The van der Waals surface area contributed by atoms with Crippen molar-refractivity contribution in [2.24, 2.45) is 5.73 Å². The zero-order valence-electron chi connectivity index (χ0n) is 12.6. The van der Waals surface area contributed by atoms with E-state index in [4.69, 9.17) is 5.73 Å². The number of amides is 1. The lowest BCUT2D eigenvalue weighted by Gasteiger charge is -2.29. The molecule has 20 heavy (non-hydrogen) atoms. The number of carbonyl (C=O) groups is 1. The van der Waals surface area contributed by atoms with Crippen molar-refractivity contribution in [3.63, 3.8) is 0 Å². The van der Waals surface area contributed by atoms with E-state index in [1.165, 1.54) is 0 Å². The molecular formula is C14H24N4OS. The second kappa shape index (κ2) is 7.59. The quantitative estimate of drug-likeness (QED) is 0.435. The summed E-state index contributed by atoms with van der Waals surface area (Å²) in [7, 11) is 0. The Bertz CT molecular complexity index is 435. The van der Waals surface area contributed by atoms with Gasteiger partial charge in [0.05, 0.1) is 5.54 Å². The molecule has 6 heteroatoms. The minimum atomic E-state index is -0.650. The van der Waals surface area contributed by atoms with E-state index in [2.05, 4.69) is 15.3 Å². The maximum atomic E-state index is 11.6. The minimum Gasteiger partial charge on any atom is -0.368 e. The smallest absolute Gasteiger partial charge is 0.237 e. The first kappa shape index (κ1) is 16.9. The molecule has 1 heterocycles. The van der Waals surface area contributed by atoms with Crippen LogP contribution < -0.4 is 11.1 Å². The predicted molar refractivity (Wildman–Crippen MR) is 82.6 cm³/mol. The zero-order chi connectivity index (χ0) is 15.2. The summed E-state index contributed by atoms with van der Waals surface area (Å²) in [5.74, 6) is 0.564. The molecule has 0 saturated carbocycles. The van der Waals surface area contributed by atoms with Crippen LogP contribution in [0, 0.1) is 6.92 Å². The van der Waals surface area contributed by atoms with Gasteiger partial charge in [0.15, 0.2) is 5.16 Å². The van der Waals surface area contributed by atoms with Gasteiger partial charge >= 0.3 is 0 Å². The number of aromatic nitrogens is 2. The van der Waals surface area contributed by atoms with Crippen LogP contribution in [-0.2, 0) is 4.79 Å². The third-order valence-electron chi connectivity index (χ3n) is 2.96. The Morgan fingerprint density at radius 2 is 2.05 bits per heavy atom. The van der Waals surface area contributed by atoms with Crippen molar-refractivity contribution in [3.8, 4) is 0 Å². The lowest BCUT2D eigenvalue weighted by atomic mass is 9.94. The Hall–Kier alpha value is -1.14. The molecule has 1 atom stereocenters. The van der Waals surface area contributed by atoms with E-state index >= 15 is 0 Å². The number of nitrogens with two attached hydrogens (primary N) is 1. The van der Waals surface area contributed by atoms with Crippen molar-refractivity contribution >= 4 is 17.7 Å². The van der Waals surface area contributed by atoms with Gasteiger partial charge in [0.25, 0.3) is 0 Å². The van der Waals surface area contributed by atoms with Crippen molar-refractivity contribution in [1.29, 1.82) is 0 Å². The molecule has 112 valence electrons. The van der Waals surface area contributed by atoms with Crippen molar-refractivity contribution < 1.29 is 4.79 Å². The predicted octanol–water partition coefficient (Wildman–Crippen LogP) is 1.90. The molecule has 3 N–H and O–H groups in total. The Morgan fingerprint density at radius 1 is 1.45 bits per heavy atom. The molecule has 0 aliphatic carbocycles. The fourth-order valence-electron chi connectivity index (χ4n) is 1.95. The van der Waals surface area contributed by atoms with Crippen LogP contribution in [0.2, 0.25) is 0 Å². The number of hydrogen-bond donors (Lipinski definition) is 2. The maximum Gasteiger partial charge on any atom is 0.237 e. The molecule has 5 nitrogen and oxygen atoms in total. The summed E-state index contributed by atoms with van der Waals surface area (Å²) in [5, 5.41) is 4.02. The number of nitrogens with zero attached hydrogens (tertiary/aromatic N) is 2. The van der Waals surface area contributed by atoms with E-state index in [-0.39, 0.29) is 11.9 Å². The van der Waals surface area contributed by atoms with Crippen LogP contribution in [0.25, 0.3) is 0 Å². The van der Waals surface area contributed by atoms with Crippen molar-refractivity contribution in [3.05, 3.63) is 18.0 Å². The largest absolute Gasteiger partial charge is 0.368 e. The topological polar surface area (TPSA) is 80.9 Å². The van der Waals surface area contributed by atoms with Gasteiger partial charge in [-0.05, 0) is 46.1 Å². The van der Waals surface area contributed by atoms with E-state index in [0.29, 0.717) is 6.42 Å². The molecule has 0 bridgehead atoms. The second-order valence-electron chi connectivity index (χ2n) is 5.49. The van der Waals surface area contributed by atoms with E-state index in [1.807, 2.05) is 40.1 Å². The fraction of sp³-hybridized carbons (Fsp3) is 0.643. The second-order valence-corrected chi connectivity index (χ2v) is 6.55. The molecular weight excluding hydrogens is 272 g/mol. The molecule has 1 unspecified atom stereocenters. The van der Waals surface area contributed by atoms with Crippen molar-refractivity contribution in [2.45, 2.75) is 57.3 Å². The first-order valence-corrected chi connectivity index (χ1v) is 7.81. The number of hydrogen-bond acceptors (Lipinski definition) is 5. The molecule has 0 fully saturated rings. The average Bonchev–Trinajstić information content (AvgIpc) is 2.36. The van der Waals surface area contributed by atoms with Gasteiger partial charge in [-0.2, -0.15) is 0 Å². The van der Waals surface area contributed by atoms with Gasteiger partial charge in [0.2, 0.25) is 5.91 Å². The first-order valence-electron chi connectivity index (χ1n) is 6.82. The Kier molecular flexibility index (Phi) is 6.42. The SMILES string of the molecule is Cc1cnc(SCCCC(C)(NC(C)C)C(N)=O)nc1. The Morgan fingerprint density at radius 3 is 2.55 bits per heavy atom. The summed E-state index contributed by atoms with van der Waals surface area (Å²) in [5.41, 5.74) is 5.90. The van der Waals surface area contributed by atoms with E-state index in [0.717, 1.165) is 22.9 Å². The minimum absolute atomic E-state index is 0.223. The monoisotopic (exact) mass is 296 g/mol. The van der Waals surface area contributed by atoms with Crippen LogP contribution >= 0.6 is 11.8 Å². The molecule has 1 aromatic heterocycles. The van der Waals surface area contributed by atoms with Gasteiger partial charge in [0, 0.05) is 24.2 Å². The summed E-state index contributed by atoms with van der Waals surface area (Å²) in [4.78, 5) is 20.1. The molecule has 0 aromatic carbocycles. The van der Waals surface area contributed by atoms with Crippen LogP contribution in [0.4, 0.5) is 0 Å². The third kappa shape index (κ3) is 5.46. The van der Waals surface area contributed by atoms with E-state index in [9.17, 15) is 4.79 Å². The summed E-state index contributed by atoms with van der Waals surface area (Å²) < 4.78 is 0. The number of nitrogens with one attached hydrogen (secondary N) is 1. The van der Waals surface area contributed by atoms with Gasteiger partial charge in [-0.25, -0.2) is 9.97 Å². The van der Waals surface area contributed by atoms with Crippen LogP contribution in [-0.4, -0.2) is 33.2 Å². The number of rotatable bonds is 8.